The van der Waals surface area contributed by atoms with Gasteiger partial charge in [-0.1, -0.05) is 0 Å². The van der Waals surface area contributed by atoms with Gasteiger partial charge in [0.15, 0.2) is 9.84 Å². The molecule has 2 rings (SSSR count). The van der Waals surface area contributed by atoms with Gasteiger partial charge in [0.1, 0.15) is 5.75 Å². The number of nitrogens with zero attached hydrogens (tertiary/aromatic N) is 2. The zero-order valence-corrected chi connectivity index (χ0v) is 15.4. The van der Waals surface area contributed by atoms with Gasteiger partial charge in [-0.2, -0.15) is 13.2 Å². The normalized spacial score (nSPS) is 25.3. The molecule has 3 atom stereocenters. The summed E-state index contributed by atoms with van der Waals surface area (Å²) < 4.78 is 61.4. The maximum absolute atomic E-state index is 12.5. The van der Waals surface area contributed by atoms with E-state index in [1.807, 2.05) is 0 Å². The van der Waals surface area contributed by atoms with Crippen molar-refractivity contribution in [2.75, 3.05) is 31.9 Å². The number of amides is 2. The lowest BCUT2D eigenvalue weighted by atomic mass is 9.84. The SMILES string of the molecule is CC(C)S(=O)(=O)CC(=O)N1CC2CC(C1)CN(C(=O)C(O)C(F)(F)F)C2. The number of carbonyl (C=O) groups is 2. The summed E-state index contributed by atoms with van der Waals surface area (Å²) in [6, 6.07) is 0. The number of piperidine rings is 2. The van der Waals surface area contributed by atoms with Crippen LogP contribution < -0.4 is 0 Å². The average Bonchev–Trinajstić information content (AvgIpc) is 2.50. The van der Waals surface area contributed by atoms with E-state index in [0.29, 0.717) is 6.42 Å². The first-order valence-electron chi connectivity index (χ1n) is 8.34. The predicted octanol–water partition coefficient (Wildman–Crippen LogP) is 0.0397. The Morgan fingerprint density at radius 2 is 1.54 bits per heavy atom. The van der Waals surface area contributed by atoms with Gasteiger partial charge in [0.2, 0.25) is 12.0 Å². The van der Waals surface area contributed by atoms with E-state index in [1.54, 1.807) is 0 Å². The van der Waals surface area contributed by atoms with Crippen LogP contribution >= 0.6 is 0 Å². The molecule has 150 valence electrons. The number of alkyl halides is 3. The van der Waals surface area contributed by atoms with Crippen molar-refractivity contribution in [1.29, 1.82) is 0 Å². The molecule has 11 heteroatoms. The molecule has 0 aliphatic carbocycles. The lowest BCUT2D eigenvalue weighted by Crippen LogP contribution is -2.58. The number of halogens is 3. The molecule has 2 bridgehead atoms. The number of hydrogen-bond donors (Lipinski definition) is 1. The zero-order valence-electron chi connectivity index (χ0n) is 14.6. The van der Waals surface area contributed by atoms with Gasteiger partial charge in [-0.25, -0.2) is 8.42 Å². The van der Waals surface area contributed by atoms with Crippen LogP contribution in [0.5, 0.6) is 0 Å². The average molecular weight is 400 g/mol. The summed E-state index contributed by atoms with van der Waals surface area (Å²) in [7, 11) is -3.54. The molecule has 7 nitrogen and oxygen atoms in total. The van der Waals surface area contributed by atoms with Crippen LogP contribution in [0.15, 0.2) is 0 Å². The molecule has 2 amide bonds. The second-order valence-electron chi connectivity index (χ2n) is 7.31. The molecule has 26 heavy (non-hydrogen) atoms. The minimum Gasteiger partial charge on any atom is -0.376 e. The van der Waals surface area contributed by atoms with Crippen molar-refractivity contribution in [3.05, 3.63) is 0 Å². The van der Waals surface area contributed by atoms with E-state index < -0.39 is 44.9 Å². The van der Waals surface area contributed by atoms with Crippen molar-refractivity contribution in [3.63, 3.8) is 0 Å². The van der Waals surface area contributed by atoms with Crippen LogP contribution in [0.4, 0.5) is 13.2 Å². The number of rotatable bonds is 4. The Kier molecular flexibility index (Phi) is 5.91. The Labute approximate surface area is 150 Å². The molecule has 2 fully saturated rings. The Morgan fingerprint density at radius 3 is 1.96 bits per heavy atom. The fourth-order valence-corrected chi connectivity index (χ4v) is 4.27. The minimum atomic E-state index is -5.02. The van der Waals surface area contributed by atoms with E-state index in [1.165, 1.54) is 18.7 Å². The third-order valence-corrected chi connectivity index (χ3v) is 6.92. The Morgan fingerprint density at radius 1 is 1.08 bits per heavy atom. The second-order valence-corrected chi connectivity index (χ2v) is 9.87. The maximum Gasteiger partial charge on any atom is 0.423 e. The molecule has 0 spiro atoms. The highest BCUT2D eigenvalue weighted by atomic mass is 32.2. The molecular formula is C15H23F3N2O5S. The maximum atomic E-state index is 12.5. The fraction of sp³-hybridized carbons (Fsp3) is 0.867. The van der Waals surface area contributed by atoms with E-state index in [-0.39, 0.29) is 38.0 Å². The Hall–Kier alpha value is -1.36. The zero-order chi connectivity index (χ0) is 19.9. The van der Waals surface area contributed by atoms with Crippen LogP contribution in [0.25, 0.3) is 0 Å². The van der Waals surface area contributed by atoms with Gasteiger partial charge < -0.3 is 14.9 Å². The lowest BCUT2D eigenvalue weighted by molar-refractivity contribution is -0.212. The molecule has 0 aromatic heterocycles. The molecule has 2 aliphatic heterocycles. The van der Waals surface area contributed by atoms with Crippen molar-refractivity contribution in [2.45, 2.75) is 37.8 Å². The number of carbonyl (C=O) groups excluding carboxylic acids is 2. The number of sulfone groups is 1. The third kappa shape index (κ3) is 4.67. The van der Waals surface area contributed by atoms with E-state index in [4.69, 9.17) is 5.11 Å². The van der Waals surface area contributed by atoms with Crippen molar-refractivity contribution in [3.8, 4) is 0 Å². The van der Waals surface area contributed by atoms with Gasteiger partial charge in [0, 0.05) is 26.2 Å². The first kappa shape index (κ1) is 20.9. The van der Waals surface area contributed by atoms with Gasteiger partial charge in [-0.3, -0.25) is 9.59 Å². The summed E-state index contributed by atoms with van der Waals surface area (Å²) >= 11 is 0. The molecule has 0 aromatic rings. The van der Waals surface area contributed by atoms with Crippen molar-refractivity contribution >= 4 is 21.7 Å². The minimum absolute atomic E-state index is 0.00316. The van der Waals surface area contributed by atoms with Crippen molar-refractivity contribution in [2.24, 2.45) is 11.8 Å². The van der Waals surface area contributed by atoms with Crippen molar-refractivity contribution in [1.82, 2.24) is 9.80 Å². The highest BCUT2D eigenvalue weighted by molar-refractivity contribution is 7.92. The monoisotopic (exact) mass is 400 g/mol. The summed E-state index contributed by atoms with van der Waals surface area (Å²) in [5.41, 5.74) is 0. The fourth-order valence-electron chi connectivity index (χ4n) is 3.41. The molecule has 0 aromatic carbocycles. The molecule has 3 unspecified atom stereocenters. The molecule has 1 N–H and O–H groups in total. The quantitative estimate of drug-likeness (QED) is 0.719. The largest absolute Gasteiger partial charge is 0.423 e. The molecule has 2 saturated heterocycles. The van der Waals surface area contributed by atoms with Crippen LogP contribution in [0, 0.1) is 11.8 Å². The van der Waals surface area contributed by atoms with Crippen LogP contribution in [0.2, 0.25) is 0 Å². The van der Waals surface area contributed by atoms with Gasteiger partial charge in [0.25, 0.3) is 5.91 Å². The topological polar surface area (TPSA) is 95.0 Å². The number of fused-ring (bicyclic) bond motifs is 2. The van der Waals surface area contributed by atoms with Crippen LogP contribution in [0.1, 0.15) is 20.3 Å². The predicted molar refractivity (Wildman–Crippen MR) is 85.7 cm³/mol. The third-order valence-electron chi connectivity index (χ3n) is 4.83. The van der Waals surface area contributed by atoms with Crippen molar-refractivity contribution < 1.29 is 36.3 Å². The summed E-state index contributed by atoms with van der Waals surface area (Å²) in [5.74, 6) is -2.98. The van der Waals surface area contributed by atoms with Crippen LogP contribution in [0.3, 0.4) is 0 Å². The van der Waals surface area contributed by atoms with E-state index in [2.05, 4.69) is 0 Å². The number of likely N-dealkylation sites (tertiary alicyclic amines) is 2. The molecular weight excluding hydrogens is 377 g/mol. The molecule has 0 saturated carbocycles. The van der Waals surface area contributed by atoms with E-state index >= 15 is 0 Å². The van der Waals surface area contributed by atoms with Gasteiger partial charge in [-0.15, -0.1) is 0 Å². The summed E-state index contributed by atoms with van der Waals surface area (Å²) in [5, 5.41) is 8.47. The van der Waals surface area contributed by atoms with E-state index in [0.717, 1.165) is 4.90 Å². The summed E-state index contributed by atoms with van der Waals surface area (Å²) in [6.07, 6.45) is -7.42. The highest BCUT2D eigenvalue weighted by Crippen LogP contribution is 2.31. The Balaban J connectivity index is 2.00. The molecule has 2 heterocycles. The number of hydrogen-bond acceptors (Lipinski definition) is 5. The Bertz CT molecular complexity index is 651. The number of aliphatic hydroxyl groups is 1. The van der Waals surface area contributed by atoms with Gasteiger partial charge in [0.05, 0.1) is 5.25 Å². The first-order valence-corrected chi connectivity index (χ1v) is 10.1. The first-order chi connectivity index (χ1) is 11.8. The molecule has 0 radical (unpaired) electrons. The molecule has 2 aliphatic rings. The summed E-state index contributed by atoms with van der Waals surface area (Å²) in [6.45, 7) is 3.36. The number of aliphatic hydroxyl groups excluding tert-OH is 1. The highest BCUT2D eigenvalue weighted by Gasteiger charge is 2.47. The second kappa shape index (κ2) is 7.34. The standard InChI is InChI=1S/C15H23F3N2O5S/c1-9(2)26(24,25)8-12(21)19-4-10-3-11(5-19)7-20(6-10)14(23)13(22)15(16,17)18/h9-11,13,22H,3-8H2,1-2H3. The smallest absolute Gasteiger partial charge is 0.376 e. The van der Waals surface area contributed by atoms with Crippen LogP contribution in [-0.2, 0) is 19.4 Å². The summed E-state index contributed by atoms with van der Waals surface area (Å²) in [4.78, 5) is 26.5. The van der Waals surface area contributed by atoms with Gasteiger partial charge >= 0.3 is 6.18 Å². The van der Waals surface area contributed by atoms with E-state index in [9.17, 15) is 31.2 Å². The van der Waals surface area contributed by atoms with Gasteiger partial charge in [-0.05, 0) is 32.1 Å². The lowest BCUT2D eigenvalue weighted by Gasteiger charge is -2.46. The van der Waals surface area contributed by atoms with Crippen LogP contribution in [-0.4, -0.2) is 84.6 Å².